The normalized spacial score (nSPS) is 22.9. The van der Waals surface area contributed by atoms with Gasteiger partial charge in [0, 0.05) is 6.92 Å². The third-order valence-electron chi connectivity index (χ3n) is 4.20. The summed E-state index contributed by atoms with van der Waals surface area (Å²) in [5, 5.41) is 0. The van der Waals surface area contributed by atoms with Gasteiger partial charge in [0.15, 0.2) is 0 Å². The second-order valence-corrected chi connectivity index (χ2v) is 6.44. The van der Waals surface area contributed by atoms with Crippen molar-refractivity contribution in [3.63, 3.8) is 0 Å². The fourth-order valence-electron chi connectivity index (χ4n) is 2.99. The first-order chi connectivity index (χ1) is 8.83. The molecular formula is C17H28O2. The third kappa shape index (κ3) is 5.22. The zero-order valence-electron chi connectivity index (χ0n) is 13.1. The molecule has 1 aliphatic rings. The molecule has 0 saturated carbocycles. The molecule has 2 heteroatoms. The van der Waals surface area contributed by atoms with Gasteiger partial charge in [0.25, 0.3) is 0 Å². The maximum atomic E-state index is 10.7. The van der Waals surface area contributed by atoms with Gasteiger partial charge in [0.1, 0.15) is 6.61 Å². The number of hydrogen-bond donors (Lipinski definition) is 0. The molecule has 19 heavy (non-hydrogen) atoms. The molecule has 0 fully saturated rings. The number of ether oxygens (including phenoxy) is 1. The van der Waals surface area contributed by atoms with Crippen molar-refractivity contribution in [2.75, 3.05) is 6.61 Å². The standard InChI is InChI=1S/C17H28O2/c1-13(12-19-15(3)18)8-6-10-16-14(2)9-7-11-17(16,4)5/h8-9,16H,6-7,10-12H2,1-5H3. The van der Waals surface area contributed by atoms with E-state index < -0.39 is 0 Å². The second-order valence-electron chi connectivity index (χ2n) is 6.44. The van der Waals surface area contributed by atoms with Gasteiger partial charge < -0.3 is 4.74 Å². The van der Waals surface area contributed by atoms with E-state index in [-0.39, 0.29) is 5.97 Å². The summed E-state index contributed by atoms with van der Waals surface area (Å²) in [6.07, 6.45) is 9.35. The van der Waals surface area contributed by atoms with Crippen molar-refractivity contribution in [2.45, 2.75) is 60.3 Å². The Morgan fingerprint density at radius 2 is 2.16 bits per heavy atom. The summed E-state index contributed by atoms with van der Waals surface area (Å²) < 4.78 is 4.99. The molecule has 0 radical (unpaired) electrons. The third-order valence-corrected chi connectivity index (χ3v) is 4.20. The van der Waals surface area contributed by atoms with Crippen molar-refractivity contribution in [3.05, 3.63) is 23.3 Å². The second kappa shape index (κ2) is 6.93. The summed E-state index contributed by atoms with van der Waals surface area (Å²) >= 11 is 0. The first kappa shape index (κ1) is 16.0. The van der Waals surface area contributed by atoms with E-state index in [9.17, 15) is 4.79 Å². The minimum Gasteiger partial charge on any atom is -0.461 e. The lowest BCUT2D eigenvalue weighted by atomic mass is 9.67. The van der Waals surface area contributed by atoms with Gasteiger partial charge in [-0.3, -0.25) is 4.79 Å². The van der Waals surface area contributed by atoms with Crippen molar-refractivity contribution in [1.29, 1.82) is 0 Å². The molecule has 0 bridgehead atoms. The molecule has 1 unspecified atom stereocenters. The monoisotopic (exact) mass is 264 g/mol. The average molecular weight is 264 g/mol. The van der Waals surface area contributed by atoms with Crippen LogP contribution in [0.5, 0.6) is 0 Å². The molecule has 0 aromatic carbocycles. The van der Waals surface area contributed by atoms with Gasteiger partial charge in [-0.1, -0.05) is 31.6 Å². The molecule has 1 aliphatic carbocycles. The van der Waals surface area contributed by atoms with Crippen LogP contribution in [0.4, 0.5) is 0 Å². The van der Waals surface area contributed by atoms with Gasteiger partial charge in [0.05, 0.1) is 0 Å². The highest BCUT2D eigenvalue weighted by Crippen LogP contribution is 2.43. The summed E-state index contributed by atoms with van der Waals surface area (Å²) in [5.41, 5.74) is 3.10. The van der Waals surface area contributed by atoms with Crippen molar-refractivity contribution in [1.82, 2.24) is 0 Å². The molecule has 108 valence electrons. The molecule has 0 aromatic heterocycles. The summed E-state index contributed by atoms with van der Waals surface area (Å²) in [5.74, 6) is 0.471. The summed E-state index contributed by atoms with van der Waals surface area (Å²) in [7, 11) is 0. The highest BCUT2D eigenvalue weighted by Gasteiger charge is 2.31. The Morgan fingerprint density at radius 3 is 2.74 bits per heavy atom. The van der Waals surface area contributed by atoms with Gasteiger partial charge in [-0.2, -0.15) is 0 Å². The minimum atomic E-state index is -0.208. The Balaban J connectivity index is 2.47. The lowest BCUT2D eigenvalue weighted by Gasteiger charge is -2.38. The van der Waals surface area contributed by atoms with E-state index in [1.54, 1.807) is 5.57 Å². The van der Waals surface area contributed by atoms with E-state index in [0.717, 1.165) is 12.0 Å². The Kier molecular flexibility index (Phi) is 5.84. The van der Waals surface area contributed by atoms with Gasteiger partial charge in [0.2, 0.25) is 0 Å². The van der Waals surface area contributed by atoms with Crippen LogP contribution in [0.2, 0.25) is 0 Å². The van der Waals surface area contributed by atoms with E-state index in [0.29, 0.717) is 17.9 Å². The van der Waals surface area contributed by atoms with Gasteiger partial charge in [-0.05, 0) is 56.4 Å². The van der Waals surface area contributed by atoms with Crippen LogP contribution in [0.3, 0.4) is 0 Å². The Labute approximate surface area is 117 Å². The number of carbonyl (C=O) groups excluding carboxylic acids is 1. The Morgan fingerprint density at radius 1 is 1.47 bits per heavy atom. The number of rotatable bonds is 5. The highest BCUT2D eigenvalue weighted by atomic mass is 16.5. The molecule has 0 saturated heterocycles. The first-order valence-corrected chi connectivity index (χ1v) is 7.28. The number of esters is 1. The average Bonchev–Trinajstić information content (AvgIpc) is 2.30. The Hall–Kier alpha value is -1.05. The SMILES string of the molecule is CC(=O)OCC(C)=CCCC1C(C)=CCCC1(C)C. The maximum absolute atomic E-state index is 10.7. The van der Waals surface area contributed by atoms with Crippen LogP contribution in [-0.2, 0) is 9.53 Å². The van der Waals surface area contributed by atoms with Gasteiger partial charge in [-0.25, -0.2) is 0 Å². The molecule has 0 N–H and O–H groups in total. The van der Waals surface area contributed by atoms with Crippen LogP contribution in [0.25, 0.3) is 0 Å². The fourth-order valence-corrected chi connectivity index (χ4v) is 2.99. The number of allylic oxidation sites excluding steroid dienone is 3. The molecule has 0 aliphatic heterocycles. The van der Waals surface area contributed by atoms with E-state index in [4.69, 9.17) is 4.74 Å². The first-order valence-electron chi connectivity index (χ1n) is 7.28. The van der Waals surface area contributed by atoms with Crippen molar-refractivity contribution in [2.24, 2.45) is 11.3 Å². The zero-order chi connectivity index (χ0) is 14.5. The van der Waals surface area contributed by atoms with Gasteiger partial charge >= 0.3 is 5.97 Å². The van der Waals surface area contributed by atoms with Crippen LogP contribution in [-0.4, -0.2) is 12.6 Å². The van der Waals surface area contributed by atoms with Crippen LogP contribution < -0.4 is 0 Å². The predicted molar refractivity (Wildman–Crippen MR) is 79.9 cm³/mol. The van der Waals surface area contributed by atoms with Crippen LogP contribution in [0, 0.1) is 11.3 Å². The molecule has 1 rings (SSSR count). The van der Waals surface area contributed by atoms with Crippen LogP contribution in [0.15, 0.2) is 23.3 Å². The lowest BCUT2D eigenvalue weighted by Crippen LogP contribution is -2.27. The smallest absolute Gasteiger partial charge is 0.302 e. The van der Waals surface area contributed by atoms with Crippen LogP contribution in [0.1, 0.15) is 60.3 Å². The molecule has 1 atom stereocenters. The maximum Gasteiger partial charge on any atom is 0.302 e. The van der Waals surface area contributed by atoms with E-state index in [1.807, 2.05) is 6.92 Å². The molecular weight excluding hydrogens is 236 g/mol. The molecule has 0 heterocycles. The number of carbonyl (C=O) groups is 1. The molecule has 0 aromatic rings. The lowest BCUT2D eigenvalue weighted by molar-refractivity contribution is -0.139. The fraction of sp³-hybridized carbons (Fsp3) is 0.706. The molecule has 0 amide bonds. The van der Waals surface area contributed by atoms with E-state index >= 15 is 0 Å². The quantitative estimate of drug-likeness (QED) is 0.533. The van der Waals surface area contributed by atoms with Crippen molar-refractivity contribution >= 4 is 5.97 Å². The largest absolute Gasteiger partial charge is 0.461 e. The summed E-state index contributed by atoms with van der Waals surface area (Å²) in [6.45, 7) is 10.9. The topological polar surface area (TPSA) is 26.3 Å². The summed E-state index contributed by atoms with van der Waals surface area (Å²) in [4.78, 5) is 10.7. The molecule has 0 spiro atoms. The van der Waals surface area contributed by atoms with Crippen LogP contribution >= 0.6 is 0 Å². The predicted octanol–water partition coefficient (Wildman–Crippen LogP) is 4.66. The van der Waals surface area contributed by atoms with Crippen molar-refractivity contribution in [3.8, 4) is 0 Å². The van der Waals surface area contributed by atoms with E-state index in [1.165, 1.54) is 26.2 Å². The zero-order valence-corrected chi connectivity index (χ0v) is 13.1. The molecule has 2 nitrogen and oxygen atoms in total. The highest BCUT2D eigenvalue weighted by molar-refractivity contribution is 5.66. The van der Waals surface area contributed by atoms with Crippen molar-refractivity contribution < 1.29 is 9.53 Å². The van der Waals surface area contributed by atoms with E-state index in [2.05, 4.69) is 32.9 Å². The summed E-state index contributed by atoms with van der Waals surface area (Å²) in [6, 6.07) is 0. The van der Waals surface area contributed by atoms with Gasteiger partial charge in [-0.15, -0.1) is 0 Å². The number of hydrogen-bond acceptors (Lipinski definition) is 2. The minimum absolute atomic E-state index is 0.208. The Bertz CT molecular complexity index is 375.